The van der Waals surface area contributed by atoms with Crippen LogP contribution in [0.3, 0.4) is 0 Å². The van der Waals surface area contributed by atoms with Crippen LogP contribution in [0.2, 0.25) is 0 Å². The van der Waals surface area contributed by atoms with E-state index in [1.165, 1.54) is 6.33 Å². The SMILES string of the molecule is CNc1ncnc(Cc2nccn2C)c1OC. The molecule has 0 saturated carbocycles. The van der Waals surface area contributed by atoms with Gasteiger partial charge in [0.25, 0.3) is 0 Å². The maximum Gasteiger partial charge on any atom is 0.183 e. The van der Waals surface area contributed by atoms with E-state index in [-0.39, 0.29) is 0 Å². The highest BCUT2D eigenvalue weighted by atomic mass is 16.5. The van der Waals surface area contributed by atoms with Crippen LogP contribution in [0, 0.1) is 0 Å². The van der Waals surface area contributed by atoms with E-state index in [9.17, 15) is 0 Å². The first kappa shape index (κ1) is 11.4. The second-order valence-electron chi connectivity index (χ2n) is 3.58. The first-order valence-corrected chi connectivity index (χ1v) is 5.28. The van der Waals surface area contributed by atoms with Crippen molar-refractivity contribution in [2.45, 2.75) is 6.42 Å². The van der Waals surface area contributed by atoms with Gasteiger partial charge in [-0.05, 0) is 0 Å². The molecule has 0 bridgehead atoms. The second-order valence-corrected chi connectivity index (χ2v) is 3.58. The number of imidazole rings is 1. The van der Waals surface area contributed by atoms with Gasteiger partial charge in [0.1, 0.15) is 12.2 Å². The fraction of sp³-hybridized carbons (Fsp3) is 0.364. The molecule has 0 aromatic carbocycles. The zero-order valence-corrected chi connectivity index (χ0v) is 10.1. The molecule has 1 N–H and O–H groups in total. The number of methoxy groups -OCH3 is 1. The van der Waals surface area contributed by atoms with E-state index in [0.717, 1.165) is 11.5 Å². The van der Waals surface area contributed by atoms with E-state index < -0.39 is 0 Å². The average molecular weight is 233 g/mol. The molecule has 2 rings (SSSR count). The molecule has 2 aromatic heterocycles. The number of hydrogen-bond donors (Lipinski definition) is 1. The van der Waals surface area contributed by atoms with E-state index in [0.29, 0.717) is 18.0 Å². The van der Waals surface area contributed by atoms with Crippen molar-refractivity contribution in [1.29, 1.82) is 0 Å². The van der Waals surface area contributed by atoms with Crippen molar-refractivity contribution in [2.75, 3.05) is 19.5 Å². The van der Waals surface area contributed by atoms with Gasteiger partial charge in [0.15, 0.2) is 11.6 Å². The minimum Gasteiger partial charge on any atom is -0.491 e. The number of ether oxygens (including phenoxy) is 1. The molecule has 6 nitrogen and oxygen atoms in total. The summed E-state index contributed by atoms with van der Waals surface area (Å²) in [5.74, 6) is 2.29. The lowest BCUT2D eigenvalue weighted by molar-refractivity contribution is 0.407. The molecule has 0 unspecified atom stereocenters. The molecule has 0 aliphatic carbocycles. The van der Waals surface area contributed by atoms with Gasteiger partial charge in [-0.1, -0.05) is 0 Å². The molecular weight excluding hydrogens is 218 g/mol. The second kappa shape index (κ2) is 4.82. The van der Waals surface area contributed by atoms with Crippen molar-refractivity contribution in [2.24, 2.45) is 7.05 Å². The number of aromatic nitrogens is 4. The Morgan fingerprint density at radius 2 is 2.18 bits per heavy atom. The Balaban J connectivity index is 2.36. The smallest absolute Gasteiger partial charge is 0.183 e. The molecule has 0 amide bonds. The first-order chi connectivity index (χ1) is 8.26. The Hall–Kier alpha value is -2.11. The fourth-order valence-electron chi connectivity index (χ4n) is 1.65. The van der Waals surface area contributed by atoms with Crippen molar-refractivity contribution in [3.05, 3.63) is 30.2 Å². The first-order valence-electron chi connectivity index (χ1n) is 5.28. The van der Waals surface area contributed by atoms with Crippen molar-refractivity contribution < 1.29 is 4.74 Å². The Morgan fingerprint density at radius 1 is 1.35 bits per heavy atom. The Labute approximate surface area is 99.7 Å². The van der Waals surface area contributed by atoms with Gasteiger partial charge in [-0.3, -0.25) is 0 Å². The van der Waals surface area contributed by atoms with Crippen LogP contribution in [0.4, 0.5) is 5.82 Å². The van der Waals surface area contributed by atoms with E-state index in [1.807, 2.05) is 17.8 Å². The summed E-state index contributed by atoms with van der Waals surface area (Å²) in [6.07, 6.45) is 5.81. The molecule has 0 aliphatic heterocycles. The molecule has 17 heavy (non-hydrogen) atoms. The molecule has 0 aliphatic rings. The van der Waals surface area contributed by atoms with E-state index in [4.69, 9.17) is 4.74 Å². The normalized spacial score (nSPS) is 10.3. The van der Waals surface area contributed by atoms with Gasteiger partial charge in [-0.15, -0.1) is 0 Å². The van der Waals surface area contributed by atoms with Gasteiger partial charge in [0.05, 0.1) is 19.2 Å². The molecule has 0 saturated heterocycles. The standard InChI is InChI=1S/C11H15N5O/c1-12-11-10(17-3)8(14-7-15-11)6-9-13-4-5-16(9)2/h4-5,7H,6H2,1-3H3,(H,12,14,15). The summed E-state index contributed by atoms with van der Waals surface area (Å²) in [6.45, 7) is 0. The molecule has 2 heterocycles. The van der Waals surface area contributed by atoms with Gasteiger partial charge >= 0.3 is 0 Å². The number of rotatable bonds is 4. The molecule has 0 fully saturated rings. The van der Waals surface area contributed by atoms with Crippen molar-refractivity contribution in [3.63, 3.8) is 0 Å². The Morgan fingerprint density at radius 3 is 2.76 bits per heavy atom. The molecule has 6 heteroatoms. The van der Waals surface area contributed by atoms with Gasteiger partial charge in [0, 0.05) is 26.5 Å². The predicted octanol–water partition coefficient (Wildman–Crippen LogP) is 0.851. The summed E-state index contributed by atoms with van der Waals surface area (Å²) < 4.78 is 7.29. The third kappa shape index (κ3) is 2.20. The van der Waals surface area contributed by atoms with Crippen LogP contribution < -0.4 is 10.1 Å². The number of aryl methyl sites for hydroxylation is 1. The van der Waals surface area contributed by atoms with Crippen LogP contribution in [0.15, 0.2) is 18.7 Å². The van der Waals surface area contributed by atoms with Gasteiger partial charge < -0.3 is 14.6 Å². The summed E-state index contributed by atoms with van der Waals surface area (Å²) >= 11 is 0. The van der Waals surface area contributed by atoms with Crippen molar-refractivity contribution in [1.82, 2.24) is 19.5 Å². The number of hydrogen-bond acceptors (Lipinski definition) is 5. The van der Waals surface area contributed by atoms with Crippen LogP contribution in [-0.4, -0.2) is 33.7 Å². The maximum absolute atomic E-state index is 5.33. The minimum atomic E-state index is 0.615. The molecule has 0 spiro atoms. The Bertz CT molecular complexity index is 508. The Kier molecular flexibility index (Phi) is 3.22. The highest BCUT2D eigenvalue weighted by Crippen LogP contribution is 2.25. The van der Waals surface area contributed by atoms with Crippen LogP contribution in [0.5, 0.6) is 5.75 Å². The summed E-state index contributed by atoms with van der Waals surface area (Å²) in [6, 6.07) is 0. The molecule has 0 atom stereocenters. The van der Waals surface area contributed by atoms with Gasteiger partial charge in [-0.2, -0.15) is 0 Å². The highest BCUT2D eigenvalue weighted by Gasteiger charge is 2.13. The minimum absolute atomic E-state index is 0.615. The maximum atomic E-state index is 5.33. The van der Waals surface area contributed by atoms with Crippen molar-refractivity contribution in [3.8, 4) is 5.75 Å². The van der Waals surface area contributed by atoms with Crippen LogP contribution >= 0.6 is 0 Å². The number of anilines is 1. The summed E-state index contributed by atoms with van der Waals surface area (Å²) in [5.41, 5.74) is 0.821. The lowest BCUT2D eigenvalue weighted by atomic mass is 10.2. The van der Waals surface area contributed by atoms with Crippen LogP contribution in [0.25, 0.3) is 0 Å². The number of nitrogens with zero attached hydrogens (tertiary/aromatic N) is 4. The lowest BCUT2D eigenvalue weighted by Crippen LogP contribution is -2.06. The topological polar surface area (TPSA) is 64.9 Å². The van der Waals surface area contributed by atoms with Crippen LogP contribution in [0.1, 0.15) is 11.5 Å². The molecule has 90 valence electrons. The highest BCUT2D eigenvalue weighted by molar-refractivity contribution is 5.52. The number of nitrogens with one attached hydrogen (secondary N) is 1. The third-order valence-corrected chi connectivity index (χ3v) is 2.57. The van der Waals surface area contributed by atoms with E-state index in [2.05, 4.69) is 20.3 Å². The van der Waals surface area contributed by atoms with Crippen molar-refractivity contribution >= 4 is 5.82 Å². The molecule has 2 aromatic rings. The molecule has 0 radical (unpaired) electrons. The van der Waals surface area contributed by atoms with E-state index >= 15 is 0 Å². The average Bonchev–Trinajstić information content (AvgIpc) is 2.74. The predicted molar refractivity (Wildman–Crippen MR) is 64.1 cm³/mol. The summed E-state index contributed by atoms with van der Waals surface area (Å²) in [7, 11) is 5.37. The zero-order valence-electron chi connectivity index (χ0n) is 10.1. The zero-order chi connectivity index (χ0) is 12.3. The fourth-order valence-corrected chi connectivity index (χ4v) is 1.65. The largest absolute Gasteiger partial charge is 0.491 e. The summed E-state index contributed by atoms with van der Waals surface area (Å²) in [4.78, 5) is 12.6. The third-order valence-electron chi connectivity index (χ3n) is 2.57. The quantitative estimate of drug-likeness (QED) is 0.848. The summed E-state index contributed by atoms with van der Waals surface area (Å²) in [5, 5.41) is 2.98. The monoisotopic (exact) mass is 233 g/mol. The van der Waals surface area contributed by atoms with Gasteiger partial charge in [0.2, 0.25) is 0 Å². The lowest BCUT2D eigenvalue weighted by Gasteiger charge is -2.10. The van der Waals surface area contributed by atoms with Crippen LogP contribution in [-0.2, 0) is 13.5 Å². The van der Waals surface area contributed by atoms with Gasteiger partial charge in [-0.25, -0.2) is 15.0 Å². The molecular formula is C11H15N5O. The van der Waals surface area contributed by atoms with E-state index in [1.54, 1.807) is 20.4 Å².